The van der Waals surface area contributed by atoms with Gasteiger partial charge in [-0.15, -0.1) is 11.6 Å². The number of ether oxygens (including phenoxy) is 2. The number of benzene rings is 1. The van der Waals surface area contributed by atoms with Crippen molar-refractivity contribution >= 4 is 27.5 Å². The molecule has 0 aromatic heterocycles. The van der Waals surface area contributed by atoms with Crippen molar-refractivity contribution in [2.75, 3.05) is 14.2 Å². The van der Waals surface area contributed by atoms with Crippen LogP contribution in [0.1, 0.15) is 37.6 Å². The van der Waals surface area contributed by atoms with Crippen molar-refractivity contribution in [1.29, 1.82) is 0 Å². The summed E-state index contributed by atoms with van der Waals surface area (Å²) in [6.07, 6.45) is 2.02. The van der Waals surface area contributed by atoms with E-state index in [0.29, 0.717) is 5.92 Å². The Morgan fingerprint density at radius 3 is 2.22 bits per heavy atom. The summed E-state index contributed by atoms with van der Waals surface area (Å²) in [6.45, 7) is 4.39. The van der Waals surface area contributed by atoms with Crippen LogP contribution in [-0.2, 0) is 0 Å². The van der Waals surface area contributed by atoms with Gasteiger partial charge in [0.15, 0.2) is 0 Å². The average Bonchev–Trinajstić information content (AvgIpc) is 2.35. The summed E-state index contributed by atoms with van der Waals surface area (Å²) in [5, 5.41) is -0.0515. The molecule has 1 atom stereocenters. The Labute approximate surface area is 123 Å². The van der Waals surface area contributed by atoms with Crippen LogP contribution >= 0.6 is 27.5 Å². The molecule has 0 saturated carbocycles. The largest absolute Gasteiger partial charge is 0.496 e. The van der Waals surface area contributed by atoms with Crippen LogP contribution in [0.2, 0.25) is 0 Å². The minimum atomic E-state index is -0.0515. The Hall–Kier alpha value is -0.410. The summed E-state index contributed by atoms with van der Waals surface area (Å²) in [7, 11) is 3.30. The molecule has 102 valence electrons. The van der Waals surface area contributed by atoms with Gasteiger partial charge in [0, 0.05) is 5.56 Å². The van der Waals surface area contributed by atoms with E-state index < -0.39 is 0 Å². The van der Waals surface area contributed by atoms with Gasteiger partial charge in [-0.25, -0.2) is 0 Å². The van der Waals surface area contributed by atoms with Gasteiger partial charge >= 0.3 is 0 Å². The third kappa shape index (κ3) is 4.06. The molecule has 0 spiro atoms. The summed E-state index contributed by atoms with van der Waals surface area (Å²) in [6, 6.07) is 3.85. The fourth-order valence-corrected chi connectivity index (χ4v) is 2.54. The summed E-state index contributed by atoms with van der Waals surface area (Å²) in [4.78, 5) is 0. The zero-order chi connectivity index (χ0) is 13.7. The Morgan fingerprint density at radius 2 is 1.72 bits per heavy atom. The van der Waals surface area contributed by atoms with Gasteiger partial charge in [-0.2, -0.15) is 0 Å². The lowest BCUT2D eigenvalue weighted by atomic mass is 10.0. The van der Waals surface area contributed by atoms with Crippen LogP contribution in [0.25, 0.3) is 0 Å². The molecule has 0 fully saturated rings. The molecule has 0 heterocycles. The smallest absolute Gasteiger partial charge is 0.133 e. The van der Waals surface area contributed by atoms with Gasteiger partial charge in [-0.3, -0.25) is 0 Å². The molecule has 1 rings (SSSR count). The van der Waals surface area contributed by atoms with Crippen molar-refractivity contribution < 1.29 is 9.47 Å². The molecule has 0 bridgehead atoms. The lowest BCUT2D eigenvalue weighted by Gasteiger charge is -2.17. The van der Waals surface area contributed by atoms with Crippen molar-refractivity contribution in [1.82, 2.24) is 0 Å². The monoisotopic (exact) mass is 334 g/mol. The minimum Gasteiger partial charge on any atom is -0.496 e. The average molecular weight is 336 g/mol. The molecule has 0 amide bonds. The van der Waals surface area contributed by atoms with Crippen LogP contribution in [-0.4, -0.2) is 14.2 Å². The Kier molecular flexibility index (Phi) is 6.30. The molecular weight excluding hydrogens is 316 g/mol. The second-order valence-electron chi connectivity index (χ2n) is 4.67. The first-order valence-corrected chi connectivity index (χ1v) is 7.28. The highest BCUT2D eigenvalue weighted by molar-refractivity contribution is 9.10. The summed E-state index contributed by atoms with van der Waals surface area (Å²) in [5.41, 5.74) is 0.986. The number of alkyl halides is 1. The number of hydrogen-bond acceptors (Lipinski definition) is 2. The molecule has 0 aliphatic rings. The normalized spacial score (nSPS) is 12.6. The van der Waals surface area contributed by atoms with E-state index in [-0.39, 0.29) is 5.38 Å². The highest BCUT2D eigenvalue weighted by Gasteiger charge is 2.17. The van der Waals surface area contributed by atoms with Crippen molar-refractivity contribution in [3.63, 3.8) is 0 Å². The van der Waals surface area contributed by atoms with E-state index in [0.717, 1.165) is 34.4 Å². The van der Waals surface area contributed by atoms with E-state index in [4.69, 9.17) is 21.1 Å². The van der Waals surface area contributed by atoms with Crippen molar-refractivity contribution in [2.24, 2.45) is 5.92 Å². The molecule has 1 aromatic rings. The van der Waals surface area contributed by atoms with Gasteiger partial charge < -0.3 is 9.47 Å². The van der Waals surface area contributed by atoms with Gasteiger partial charge in [-0.1, -0.05) is 13.8 Å². The molecular formula is C14H20BrClO2. The maximum absolute atomic E-state index is 6.46. The second kappa shape index (κ2) is 7.25. The molecule has 0 aliphatic carbocycles. The molecule has 2 nitrogen and oxygen atoms in total. The van der Waals surface area contributed by atoms with Crippen molar-refractivity contribution in [3.8, 4) is 11.5 Å². The molecule has 0 radical (unpaired) electrons. The molecule has 0 N–H and O–H groups in total. The molecule has 0 aliphatic heterocycles. The Bertz CT molecular complexity index is 394. The lowest BCUT2D eigenvalue weighted by molar-refractivity contribution is 0.394. The maximum atomic E-state index is 6.46. The number of rotatable bonds is 6. The van der Waals surface area contributed by atoms with Gasteiger partial charge in [0.25, 0.3) is 0 Å². The third-order valence-corrected chi connectivity index (χ3v) is 3.91. The van der Waals surface area contributed by atoms with Gasteiger partial charge in [0.05, 0.1) is 24.1 Å². The van der Waals surface area contributed by atoms with Crippen molar-refractivity contribution in [2.45, 2.75) is 32.1 Å². The van der Waals surface area contributed by atoms with Crippen LogP contribution in [0.4, 0.5) is 0 Å². The van der Waals surface area contributed by atoms with E-state index in [1.54, 1.807) is 14.2 Å². The molecule has 4 heteroatoms. The van der Waals surface area contributed by atoms with Gasteiger partial charge in [0.1, 0.15) is 11.5 Å². The van der Waals surface area contributed by atoms with E-state index in [2.05, 4.69) is 29.8 Å². The fourth-order valence-electron chi connectivity index (χ4n) is 1.76. The zero-order valence-corrected chi connectivity index (χ0v) is 13.6. The zero-order valence-electron chi connectivity index (χ0n) is 11.3. The van der Waals surface area contributed by atoms with Crippen LogP contribution in [0.3, 0.4) is 0 Å². The second-order valence-corrected chi connectivity index (χ2v) is 6.05. The number of methoxy groups -OCH3 is 2. The van der Waals surface area contributed by atoms with E-state index in [9.17, 15) is 0 Å². The van der Waals surface area contributed by atoms with Crippen LogP contribution in [0.15, 0.2) is 16.6 Å². The SMILES string of the molecule is COc1cc(C(Cl)CCC(C)C)c(OC)cc1Br. The third-order valence-electron chi connectivity index (χ3n) is 2.84. The van der Waals surface area contributed by atoms with E-state index in [1.165, 1.54) is 0 Å². The van der Waals surface area contributed by atoms with Crippen LogP contribution < -0.4 is 9.47 Å². The van der Waals surface area contributed by atoms with E-state index in [1.807, 2.05) is 12.1 Å². The van der Waals surface area contributed by atoms with Crippen molar-refractivity contribution in [3.05, 3.63) is 22.2 Å². The van der Waals surface area contributed by atoms with Gasteiger partial charge in [0.2, 0.25) is 0 Å². The van der Waals surface area contributed by atoms with Crippen LogP contribution in [0.5, 0.6) is 11.5 Å². The summed E-state index contributed by atoms with van der Waals surface area (Å²) < 4.78 is 11.6. The minimum absolute atomic E-state index is 0.0515. The highest BCUT2D eigenvalue weighted by atomic mass is 79.9. The summed E-state index contributed by atoms with van der Waals surface area (Å²) >= 11 is 9.91. The number of hydrogen-bond donors (Lipinski definition) is 0. The molecule has 1 aromatic carbocycles. The quantitative estimate of drug-likeness (QED) is 0.667. The fraction of sp³-hybridized carbons (Fsp3) is 0.571. The molecule has 0 saturated heterocycles. The number of halogens is 2. The predicted octanol–water partition coefficient (Wildman–Crippen LogP) is 5.18. The standard InChI is InChI=1S/C14H20BrClO2/c1-9(2)5-6-12(16)10-7-14(18-4)11(15)8-13(10)17-3/h7-9,12H,5-6H2,1-4H3. The van der Waals surface area contributed by atoms with E-state index >= 15 is 0 Å². The first kappa shape index (κ1) is 15.6. The Balaban J connectivity index is 2.97. The first-order valence-electron chi connectivity index (χ1n) is 6.05. The molecule has 18 heavy (non-hydrogen) atoms. The predicted molar refractivity (Wildman–Crippen MR) is 79.9 cm³/mol. The first-order chi connectivity index (χ1) is 8.49. The van der Waals surface area contributed by atoms with Crippen LogP contribution in [0, 0.1) is 5.92 Å². The highest BCUT2D eigenvalue weighted by Crippen LogP contribution is 2.40. The maximum Gasteiger partial charge on any atom is 0.133 e. The van der Waals surface area contributed by atoms with Gasteiger partial charge in [-0.05, 0) is 46.8 Å². The summed E-state index contributed by atoms with van der Waals surface area (Å²) in [5.74, 6) is 2.22. The Morgan fingerprint density at radius 1 is 1.11 bits per heavy atom. The topological polar surface area (TPSA) is 18.5 Å². The molecule has 1 unspecified atom stereocenters. The lowest BCUT2D eigenvalue weighted by Crippen LogP contribution is -1.99.